The van der Waals surface area contributed by atoms with Crippen LogP contribution in [0.5, 0.6) is 0 Å². The van der Waals surface area contributed by atoms with Crippen molar-refractivity contribution in [2.24, 2.45) is 5.92 Å². The molecule has 0 aromatic heterocycles. The maximum Gasteiger partial charge on any atom is 0.393 e. The number of carbonyl (C=O) groups is 1. The fraction of sp³-hybridized carbons (Fsp3) is 0.909. The second-order valence-electron chi connectivity index (χ2n) is 4.53. The van der Waals surface area contributed by atoms with Gasteiger partial charge in [0.15, 0.2) is 0 Å². The third-order valence-corrected chi connectivity index (χ3v) is 2.98. The highest BCUT2D eigenvalue weighted by Gasteiger charge is 2.42. The summed E-state index contributed by atoms with van der Waals surface area (Å²) < 4.78 is 65.2. The fourth-order valence-electron chi connectivity index (χ4n) is 1.90. The maximum atomic E-state index is 12.4. The van der Waals surface area contributed by atoms with Crippen LogP contribution in [-0.2, 0) is 9.53 Å². The molecule has 0 spiro atoms. The molecule has 20 heavy (non-hydrogen) atoms. The van der Waals surface area contributed by atoms with Gasteiger partial charge >= 0.3 is 6.18 Å². The third-order valence-electron chi connectivity index (χ3n) is 2.98. The lowest BCUT2D eigenvalue weighted by Crippen LogP contribution is -2.51. The molecule has 0 bridgehead atoms. The van der Waals surface area contributed by atoms with E-state index in [9.17, 15) is 26.7 Å². The van der Waals surface area contributed by atoms with Crippen molar-refractivity contribution < 1.29 is 31.5 Å². The molecule has 1 saturated heterocycles. The topological polar surface area (TPSA) is 50.4 Å². The number of nitrogens with one attached hydrogen (secondary N) is 2. The average Bonchev–Trinajstić information content (AvgIpc) is 2.37. The molecular formula is C11H17F5N2O2. The standard InChI is InChI=1S/C11H17F5N2O2/c12-9(13)6-20-4-3-17-10(19)8-2-1-7(5-18-8)11(14,15)16/h7-9,18H,1-6H2,(H,17,19). The van der Waals surface area contributed by atoms with Gasteiger partial charge in [-0.15, -0.1) is 0 Å². The van der Waals surface area contributed by atoms with E-state index in [0.717, 1.165) is 0 Å². The van der Waals surface area contributed by atoms with E-state index in [-0.39, 0.29) is 32.5 Å². The molecule has 0 aromatic carbocycles. The van der Waals surface area contributed by atoms with Crippen molar-refractivity contribution in [3.05, 3.63) is 0 Å². The molecule has 1 aliphatic rings. The Bertz CT molecular complexity index is 304. The highest BCUT2D eigenvalue weighted by atomic mass is 19.4. The molecule has 1 aliphatic heterocycles. The van der Waals surface area contributed by atoms with E-state index in [4.69, 9.17) is 0 Å². The van der Waals surface area contributed by atoms with Gasteiger partial charge in [-0.25, -0.2) is 8.78 Å². The van der Waals surface area contributed by atoms with Crippen molar-refractivity contribution >= 4 is 5.91 Å². The van der Waals surface area contributed by atoms with E-state index in [0.29, 0.717) is 0 Å². The summed E-state index contributed by atoms with van der Waals surface area (Å²) in [6, 6.07) is -0.677. The van der Waals surface area contributed by atoms with Crippen LogP contribution < -0.4 is 10.6 Å². The zero-order valence-electron chi connectivity index (χ0n) is 10.7. The van der Waals surface area contributed by atoms with Crippen molar-refractivity contribution in [2.45, 2.75) is 31.5 Å². The summed E-state index contributed by atoms with van der Waals surface area (Å²) in [6.45, 7) is -1.01. The molecule has 4 nitrogen and oxygen atoms in total. The minimum atomic E-state index is -4.25. The van der Waals surface area contributed by atoms with Crippen LogP contribution in [0, 0.1) is 5.92 Å². The summed E-state index contributed by atoms with van der Waals surface area (Å²) in [4.78, 5) is 11.6. The first-order valence-corrected chi connectivity index (χ1v) is 6.24. The smallest absolute Gasteiger partial charge is 0.374 e. The van der Waals surface area contributed by atoms with E-state index in [2.05, 4.69) is 15.4 Å². The maximum absolute atomic E-state index is 12.4. The van der Waals surface area contributed by atoms with Crippen molar-refractivity contribution in [1.82, 2.24) is 10.6 Å². The van der Waals surface area contributed by atoms with E-state index in [1.54, 1.807) is 0 Å². The molecule has 0 aromatic rings. The number of piperidine rings is 1. The molecule has 2 N–H and O–H groups in total. The Kier molecular flexibility index (Phi) is 6.60. The molecule has 118 valence electrons. The number of hydrogen-bond donors (Lipinski definition) is 2. The monoisotopic (exact) mass is 304 g/mol. The predicted molar refractivity (Wildman–Crippen MR) is 60.4 cm³/mol. The van der Waals surface area contributed by atoms with Crippen molar-refractivity contribution in [3.8, 4) is 0 Å². The molecule has 1 fully saturated rings. The molecule has 0 aliphatic carbocycles. The van der Waals surface area contributed by atoms with Gasteiger partial charge in [-0.05, 0) is 12.8 Å². The number of amides is 1. The lowest BCUT2D eigenvalue weighted by Gasteiger charge is -2.30. The van der Waals surface area contributed by atoms with Crippen molar-refractivity contribution in [1.29, 1.82) is 0 Å². The first kappa shape index (κ1) is 17.1. The summed E-state index contributed by atoms with van der Waals surface area (Å²) in [6.07, 6.45) is -6.83. The van der Waals surface area contributed by atoms with Crippen molar-refractivity contribution in [2.75, 3.05) is 26.3 Å². The van der Waals surface area contributed by atoms with Gasteiger partial charge in [-0.3, -0.25) is 4.79 Å². The van der Waals surface area contributed by atoms with Gasteiger partial charge in [0.05, 0.1) is 18.6 Å². The summed E-state index contributed by atoms with van der Waals surface area (Å²) in [5.41, 5.74) is 0. The van der Waals surface area contributed by atoms with Crippen LogP contribution >= 0.6 is 0 Å². The molecule has 2 unspecified atom stereocenters. The number of carbonyl (C=O) groups excluding carboxylic acids is 1. The largest absolute Gasteiger partial charge is 0.393 e. The summed E-state index contributed by atoms with van der Waals surface area (Å²) in [5.74, 6) is -1.87. The first-order chi connectivity index (χ1) is 9.30. The SMILES string of the molecule is O=C(NCCOCC(F)F)C1CCC(C(F)(F)F)CN1. The Labute approximate surface area is 113 Å². The highest BCUT2D eigenvalue weighted by Crippen LogP contribution is 2.31. The van der Waals surface area contributed by atoms with Gasteiger partial charge in [0.25, 0.3) is 6.43 Å². The normalized spacial score (nSPS) is 23.9. The zero-order valence-corrected chi connectivity index (χ0v) is 10.7. The minimum absolute atomic E-state index is 0.0480. The minimum Gasteiger partial charge on any atom is -0.374 e. The van der Waals surface area contributed by atoms with E-state index >= 15 is 0 Å². The molecule has 1 rings (SSSR count). The Hall–Kier alpha value is -0.960. The Morgan fingerprint density at radius 1 is 1.35 bits per heavy atom. The Morgan fingerprint density at radius 3 is 2.55 bits per heavy atom. The van der Waals surface area contributed by atoms with Gasteiger partial charge in [-0.2, -0.15) is 13.2 Å². The number of alkyl halides is 5. The second kappa shape index (κ2) is 7.72. The van der Waals surface area contributed by atoms with E-state index in [1.165, 1.54) is 0 Å². The molecule has 9 heteroatoms. The van der Waals surface area contributed by atoms with Crippen LogP contribution in [0.1, 0.15) is 12.8 Å². The zero-order chi connectivity index (χ0) is 15.2. The Morgan fingerprint density at radius 2 is 2.05 bits per heavy atom. The van der Waals surface area contributed by atoms with Crippen LogP contribution in [0.4, 0.5) is 22.0 Å². The number of ether oxygens (including phenoxy) is 1. The van der Waals surface area contributed by atoms with Crippen LogP contribution in [0.25, 0.3) is 0 Å². The lowest BCUT2D eigenvalue weighted by atomic mass is 9.94. The quantitative estimate of drug-likeness (QED) is 0.575. The third kappa shape index (κ3) is 6.00. The lowest BCUT2D eigenvalue weighted by molar-refractivity contribution is -0.180. The number of rotatable bonds is 6. The van der Waals surface area contributed by atoms with E-state index in [1.807, 2.05) is 0 Å². The average molecular weight is 304 g/mol. The number of hydrogen-bond acceptors (Lipinski definition) is 3. The van der Waals surface area contributed by atoms with Crippen LogP contribution in [0.2, 0.25) is 0 Å². The fourth-order valence-corrected chi connectivity index (χ4v) is 1.90. The van der Waals surface area contributed by atoms with Crippen LogP contribution in [-0.4, -0.2) is 50.9 Å². The molecule has 1 heterocycles. The molecule has 0 saturated carbocycles. The molecule has 2 atom stereocenters. The second-order valence-corrected chi connectivity index (χ2v) is 4.53. The predicted octanol–water partition coefficient (Wildman–Crippen LogP) is 1.31. The first-order valence-electron chi connectivity index (χ1n) is 6.24. The number of halogens is 5. The van der Waals surface area contributed by atoms with Gasteiger partial charge < -0.3 is 15.4 Å². The van der Waals surface area contributed by atoms with Gasteiger partial charge in [-0.1, -0.05) is 0 Å². The van der Waals surface area contributed by atoms with Gasteiger partial charge in [0, 0.05) is 13.1 Å². The van der Waals surface area contributed by atoms with Gasteiger partial charge in [0.2, 0.25) is 5.91 Å². The molecule has 1 amide bonds. The summed E-state index contributed by atoms with van der Waals surface area (Å²) in [7, 11) is 0. The van der Waals surface area contributed by atoms with Crippen molar-refractivity contribution in [3.63, 3.8) is 0 Å². The molecule has 0 radical (unpaired) electrons. The highest BCUT2D eigenvalue weighted by molar-refractivity contribution is 5.81. The van der Waals surface area contributed by atoms with Gasteiger partial charge in [0.1, 0.15) is 6.61 Å². The van der Waals surface area contributed by atoms with E-state index < -0.39 is 37.1 Å². The van der Waals surface area contributed by atoms with Crippen LogP contribution in [0.3, 0.4) is 0 Å². The molecular weight excluding hydrogens is 287 g/mol. The summed E-state index contributed by atoms with van der Waals surface area (Å²) >= 11 is 0. The Balaban J connectivity index is 2.16. The summed E-state index contributed by atoms with van der Waals surface area (Å²) in [5, 5.41) is 4.97. The van der Waals surface area contributed by atoms with Crippen LogP contribution in [0.15, 0.2) is 0 Å².